The van der Waals surface area contributed by atoms with Crippen LogP contribution in [0.15, 0.2) is 28.7 Å². The maximum atomic E-state index is 12.9. The van der Waals surface area contributed by atoms with E-state index in [1.807, 2.05) is 12.4 Å². The van der Waals surface area contributed by atoms with Gasteiger partial charge in [0.1, 0.15) is 0 Å². The number of aryl methyl sites for hydroxylation is 1. The highest BCUT2D eigenvalue weighted by Crippen LogP contribution is 2.34. The summed E-state index contributed by atoms with van der Waals surface area (Å²) in [6.07, 6.45) is -3.65. The van der Waals surface area contributed by atoms with E-state index in [4.69, 9.17) is 11.6 Å². The van der Waals surface area contributed by atoms with Gasteiger partial charge in [0.15, 0.2) is 11.0 Å². The van der Waals surface area contributed by atoms with Crippen molar-refractivity contribution >= 4 is 46.3 Å². The molecule has 0 aliphatic rings. The van der Waals surface area contributed by atoms with Gasteiger partial charge in [-0.2, -0.15) is 13.2 Å². The lowest BCUT2D eigenvalue weighted by molar-refractivity contribution is -0.137. The van der Waals surface area contributed by atoms with Crippen LogP contribution in [0.25, 0.3) is 11.4 Å². The molecule has 0 unspecified atom stereocenters. The third kappa shape index (κ3) is 4.81. The number of aromatic nitrogens is 3. The van der Waals surface area contributed by atoms with E-state index in [2.05, 4.69) is 29.4 Å². The van der Waals surface area contributed by atoms with Crippen molar-refractivity contribution in [1.29, 1.82) is 0 Å². The van der Waals surface area contributed by atoms with Crippen LogP contribution in [0.3, 0.4) is 0 Å². The third-order valence-electron chi connectivity index (χ3n) is 4.43. The number of nitrogens with zero attached hydrogens (tertiary/aromatic N) is 3. The number of amides is 1. The third-order valence-corrected chi connectivity index (χ3v) is 6.74. The number of hydrogen-bond acceptors (Lipinski definition) is 5. The Morgan fingerprint density at radius 1 is 1.33 bits per heavy atom. The van der Waals surface area contributed by atoms with Gasteiger partial charge < -0.3 is 9.88 Å². The minimum absolute atomic E-state index is 0.0298. The Labute approximate surface area is 184 Å². The van der Waals surface area contributed by atoms with Gasteiger partial charge in [-0.3, -0.25) is 4.79 Å². The topological polar surface area (TPSA) is 59.8 Å². The largest absolute Gasteiger partial charge is 0.416 e. The highest BCUT2D eigenvalue weighted by Gasteiger charge is 2.31. The summed E-state index contributed by atoms with van der Waals surface area (Å²) in [5, 5.41) is 13.4. The number of halogens is 4. The molecule has 0 spiro atoms. The molecule has 0 saturated heterocycles. The van der Waals surface area contributed by atoms with Gasteiger partial charge >= 0.3 is 6.18 Å². The first-order valence-corrected chi connectivity index (χ1v) is 11.1. The van der Waals surface area contributed by atoms with Crippen molar-refractivity contribution < 1.29 is 18.0 Å². The summed E-state index contributed by atoms with van der Waals surface area (Å²) < 4.78 is 40.4. The molecule has 160 valence electrons. The minimum Gasteiger partial charge on any atom is -0.324 e. The number of hydrogen-bond donors (Lipinski definition) is 1. The van der Waals surface area contributed by atoms with Crippen LogP contribution in [-0.4, -0.2) is 26.4 Å². The number of thioether (sulfide) groups is 1. The molecule has 30 heavy (non-hydrogen) atoms. The average Bonchev–Trinajstić information content (AvgIpc) is 3.22. The molecule has 0 aliphatic carbocycles. The lowest BCUT2D eigenvalue weighted by Gasteiger charge is -2.11. The zero-order chi connectivity index (χ0) is 22.1. The van der Waals surface area contributed by atoms with Gasteiger partial charge in [-0.05, 0) is 37.1 Å². The Balaban J connectivity index is 1.70. The molecular weight excluding hydrogens is 457 g/mol. The van der Waals surface area contributed by atoms with Crippen LogP contribution in [0, 0.1) is 6.92 Å². The standard InChI is InChI=1S/C19H18ClF3N4OS2/c1-4-12-10(2)29-8-13(12)17-25-26-18(27(17)3)30-9-16(28)24-15-7-11(19(21,22)23)5-6-14(15)20/h5-8H,4,9H2,1-3H3,(H,24,28). The molecule has 0 bridgehead atoms. The second kappa shape index (κ2) is 8.99. The second-order valence-corrected chi connectivity index (χ2v) is 8.87. The number of benzene rings is 1. The van der Waals surface area contributed by atoms with Gasteiger partial charge in [0.25, 0.3) is 0 Å². The average molecular weight is 475 g/mol. The minimum atomic E-state index is -4.52. The van der Waals surface area contributed by atoms with E-state index in [0.717, 1.165) is 41.9 Å². The molecule has 0 radical (unpaired) electrons. The Hall–Kier alpha value is -2.04. The number of carbonyl (C=O) groups excluding carboxylic acids is 1. The first-order chi connectivity index (χ1) is 14.1. The fraction of sp³-hybridized carbons (Fsp3) is 0.316. The zero-order valence-corrected chi connectivity index (χ0v) is 18.7. The summed E-state index contributed by atoms with van der Waals surface area (Å²) >= 11 is 8.71. The number of alkyl halides is 3. The first-order valence-electron chi connectivity index (χ1n) is 8.88. The number of carbonyl (C=O) groups is 1. The zero-order valence-electron chi connectivity index (χ0n) is 16.3. The molecule has 5 nitrogen and oxygen atoms in total. The van der Waals surface area contributed by atoms with Gasteiger partial charge in [-0.15, -0.1) is 21.5 Å². The molecule has 1 amide bonds. The SMILES string of the molecule is CCc1c(-c2nnc(SCC(=O)Nc3cc(C(F)(F)F)ccc3Cl)n2C)csc1C. The fourth-order valence-electron chi connectivity index (χ4n) is 2.90. The molecule has 11 heteroatoms. The van der Waals surface area contributed by atoms with Gasteiger partial charge in [0.2, 0.25) is 5.91 Å². The Bertz CT molecular complexity index is 1080. The molecule has 2 aromatic heterocycles. The van der Waals surface area contributed by atoms with Crippen LogP contribution in [0.2, 0.25) is 5.02 Å². The van der Waals surface area contributed by atoms with Crippen LogP contribution < -0.4 is 5.32 Å². The van der Waals surface area contributed by atoms with Crippen LogP contribution in [0.1, 0.15) is 22.9 Å². The van der Waals surface area contributed by atoms with E-state index in [-0.39, 0.29) is 16.5 Å². The van der Waals surface area contributed by atoms with Gasteiger partial charge in [0, 0.05) is 22.9 Å². The number of thiophene rings is 1. The predicted octanol–water partition coefficient (Wildman–Crippen LogP) is 5.82. The van der Waals surface area contributed by atoms with Crippen LogP contribution >= 0.6 is 34.7 Å². The highest BCUT2D eigenvalue weighted by atomic mass is 35.5. The number of rotatable bonds is 6. The van der Waals surface area contributed by atoms with E-state index in [9.17, 15) is 18.0 Å². The van der Waals surface area contributed by atoms with Crippen molar-refractivity contribution in [1.82, 2.24) is 14.8 Å². The van der Waals surface area contributed by atoms with Crippen LogP contribution in [0.5, 0.6) is 0 Å². The highest BCUT2D eigenvalue weighted by molar-refractivity contribution is 7.99. The van der Waals surface area contributed by atoms with Crippen molar-refractivity contribution in [3.63, 3.8) is 0 Å². The summed E-state index contributed by atoms with van der Waals surface area (Å²) in [7, 11) is 1.81. The fourth-order valence-corrected chi connectivity index (χ4v) is 4.71. The van der Waals surface area contributed by atoms with Crippen molar-refractivity contribution in [3.8, 4) is 11.4 Å². The molecule has 0 atom stereocenters. The Morgan fingerprint density at radius 2 is 2.07 bits per heavy atom. The summed E-state index contributed by atoms with van der Waals surface area (Å²) in [4.78, 5) is 13.5. The first kappa shape index (κ1) is 22.6. The maximum absolute atomic E-state index is 12.9. The summed E-state index contributed by atoms with van der Waals surface area (Å²) in [5.41, 5.74) is 1.26. The molecule has 0 fully saturated rings. The van der Waals surface area contributed by atoms with Crippen molar-refractivity contribution in [2.75, 3.05) is 11.1 Å². The van der Waals surface area contributed by atoms with Crippen molar-refractivity contribution in [3.05, 3.63) is 44.6 Å². The van der Waals surface area contributed by atoms with E-state index >= 15 is 0 Å². The molecule has 3 aromatic rings. The normalized spacial score (nSPS) is 11.7. The number of anilines is 1. The molecule has 0 aliphatic heterocycles. The predicted molar refractivity (Wildman–Crippen MR) is 114 cm³/mol. The van der Waals surface area contributed by atoms with Crippen LogP contribution in [0.4, 0.5) is 18.9 Å². The van der Waals surface area contributed by atoms with E-state index in [0.29, 0.717) is 11.0 Å². The second-order valence-electron chi connectivity index (χ2n) is 6.43. The van der Waals surface area contributed by atoms with Gasteiger partial charge in [0.05, 0.1) is 22.0 Å². The van der Waals surface area contributed by atoms with E-state index < -0.39 is 17.6 Å². The van der Waals surface area contributed by atoms with E-state index in [1.54, 1.807) is 15.9 Å². The molecule has 1 aromatic carbocycles. The molecule has 1 N–H and O–H groups in total. The Morgan fingerprint density at radius 3 is 2.73 bits per heavy atom. The molecule has 0 saturated carbocycles. The lowest BCUT2D eigenvalue weighted by atomic mass is 10.1. The van der Waals surface area contributed by atoms with Gasteiger partial charge in [-0.1, -0.05) is 30.3 Å². The number of nitrogens with one attached hydrogen (secondary N) is 1. The molecular formula is C19H18ClF3N4OS2. The summed E-state index contributed by atoms with van der Waals surface area (Å²) in [6.45, 7) is 4.14. The summed E-state index contributed by atoms with van der Waals surface area (Å²) in [5.74, 6) is 0.161. The quantitative estimate of drug-likeness (QED) is 0.457. The van der Waals surface area contributed by atoms with Crippen molar-refractivity contribution in [2.45, 2.75) is 31.6 Å². The van der Waals surface area contributed by atoms with Crippen molar-refractivity contribution in [2.24, 2.45) is 7.05 Å². The van der Waals surface area contributed by atoms with Crippen LogP contribution in [-0.2, 0) is 24.4 Å². The smallest absolute Gasteiger partial charge is 0.324 e. The summed E-state index contributed by atoms with van der Waals surface area (Å²) in [6, 6.07) is 2.79. The molecule has 2 heterocycles. The monoisotopic (exact) mass is 474 g/mol. The maximum Gasteiger partial charge on any atom is 0.416 e. The lowest BCUT2D eigenvalue weighted by Crippen LogP contribution is -2.16. The molecule has 3 rings (SSSR count). The van der Waals surface area contributed by atoms with E-state index in [1.165, 1.54) is 10.4 Å². The van der Waals surface area contributed by atoms with Gasteiger partial charge in [-0.25, -0.2) is 0 Å². The Kier molecular flexibility index (Phi) is 6.78.